The van der Waals surface area contributed by atoms with E-state index in [0.29, 0.717) is 0 Å². The summed E-state index contributed by atoms with van der Waals surface area (Å²) in [6.45, 7) is 10.3. The van der Waals surface area contributed by atoms with Gasteiger partial charge in [0.05, 0.1) is 0 Å². The summed E-state index contributed by atoms with van der Waals surface area (Å²) >= 11 is -1.26. The van der Waals surface area contributed by atoms with Crippen molar-refractivity contribution in [3.63, 3.8) is 0 Å². The zero-order valence-corrected chi connectivity index (χ0v) is 11.0. The van der Waals surface area contributed by atoms with E-state index in [-0.39, 0.29) is 0 Å². The molecule has 0 aliphatic rings. The Kier molecular flexibility index (Phi) is 3.55. The first kappa shape index (κ1) is 12.2. The van der Waals surface area contributed by atoms with E-state index < -0.39 is 11.1 Å². The zero-order valence-electron chi connectivity index (χ0n) is 10.2. The lowest BCUT2D eigenvalue weighted by Crippen LogP contribution is -2.04. The van der Waals surface area contributed by atoms with Gasteiger partial charge in [0.2, 0.25) is 11.1 Å². The molecule has 1 unspecified atom stereocenters. The maximum absolute atomic E-state index is 11.1. The Balaban J connectivity index is 3.45. The predicted octanol–water partition coefficient (Wildman–Crippen LogP) is 2.90. The van der Waals surface area contributed by atoms with E-state index in [1.165, 1.54) is 16.7 Å². The van der Waals surface area contributed by atoms with Gasteiger partial charge in [-0.05, 0) is 62.4 Å². The van der Waals surface area contributed by atoms with Crippen LogP contribution in [0.2, 0.25) is 0 Å². The Hall–Kier alpha value is -0.830. The molecular weight excluding hydrogens is 208 g/mol. The predicted molar refractivity (Wildman–Crippen MR) is 64.8 cm³/mol. The number of hydrogen-bond donors (Lipinski definition) is 0. The van der Waals surface area contributed by atoms with E-state index in [4.69, 9.17) is 4.18 Å². The summed E-state index contributed by atoms with van der Waals surface area (Å²) in [6.07, 6.45) is 1.55. The van der Waals surface area contributed by atoms with Gasteiger partial charge in [-0.15, -0.1) is 0 Å². The Morgan fingerprint density at radius 2 is 1.13 bits per heavy atom. The van der Waals surface area contributed by atoms with Crippen LogP contribution in [0.15, 0.2) is 0 Å². The highest BCUT2D eigenvalue weighted by atomic mass is 32.2. The molecule has 3 heteroatoms. The van der Waals surface area contributed by atoms with Crippen molar-refractivity contribution in [3.8, 4) is 5.75 Å². The first-order chi connectivity index (χ1) is 6.86. The highest BCUT2D eigenvalue weighted by molar-refractivity contribution is 7.79. The monoisotopic (exact) mass is 226 g/mol. The number of rotatable bonds is 2. The fourth-order valence-electron chi connectivity index (χ4n) is 1.71. The van der Waals surface area contributed by atoms with Gasteiger partial charge in [0, 0.05) is 6.26 Å². The van der Waals surface area contributed by atoms with E-state index in [9.17, 15) is 4.21 Å². The van der Waals surface area contributed by atoms with Crippen molar-refractivity contribution >= 4 is 11.1 Å². The SMILES string of the molecule is Cc1c(C)c(C)c(OS(C)=O)c(C)c1C. The molecule has 0 aromatic heterocycles. The molecule has 1 aromatic carbocycles. The van der Waals surface area contributed by atoms with Crippen LogP contribution in [-0.4, -0.2) is 10.5 Å². The van der Waals surface area contributed by atoms with Gasteiger partial charge in [0.15, 0.2) is 0 Å². The van der Waals surface area contributed by atoms with Crippen LogP contribution in [0, 0.1) is 34.6 Å². The minimum atomic E-state index is -1.26. The van der Waals surface area contributed by atoms with Crippen LogP contribution in [-0.2, 0) is 11.1 Å². The minimum absolute atomic E-state index is 0.774. The van der Waals surface area contributed by atoms with Gasteiger partial charge in [-0.1, -0.05) is 0 Å². The van der Waals surface area contributed by atoms with Gasteiger partial charge in [-0.2, -0.15) is 0 Å². The van der Waals surface area contributed by atoms with Crippen molar-refractivity contribution in [3.05, 3.63) is 27.8 Å². The molecule has 0 amide bonds. The lowest BCUT2D eigenvalue weighted by molar-refractivity contribution is 0.560. The average Bonchev–Trinajstić information content (AvgIpc) is 2.18. The van der Waals surface area contributed by atoms with E-state index in [2.05, 4.69) is 20.8 Å². The smallest absolute Gasteiger partial charge is 0.203 e. The molecule has 0 fully saturated rings. The standard InChI is InChI=1S/C12H18O2S/c1-7-8(2)10(4)12(14-15(6)13)11(5)9(7)3/h1-6H3. The molecule has 1 rings (SSSR count). The molecule has 0 aliphatic heterocycles. The lowest BCUT2D eigenvalue weighted by Gasteiger charge is -2.17. The fourth-order valence-corrected chi connectivity index (χ4v) is 2.19. The van der Waals surface area contributed by atoms with Gasteiger partial charge in [0.1, 0.15) is 5.75 Å². The quantitative estimate of drug-likeness (QED) is 0.775. The minimum Gasteiger partial charge on any atom is -0.400 e. The van der Waals surface area contributed by atoms with E-state index >= 15 is 0 Å². The highest BCUT2D eigenvalue weighted by Crippen LogP contribution is 2.32. The van der Waals surface area contributed by atoms with Crippen molar-refractivity contribution in [2.75, 3.05) is 6.26 Å². The van der Waals surface area contributed by atoms with Crippen LogP contribution in [0.1, 0.15) is 27.8 Å². The number of benzene rings is 1. The third-order valence-electron chi connectivity index (χ3n) is 3.13. The summed E-state index contributed by atoms with van der Waals surface area (Å²) in [7, 11) is 0. The molecule has 0 saturated carbocycles. The summed E-state index contributed by atoms with van der Waals surface area (Å²) in [5.74, 6) is 0.774. The van der Waals surface area contributed by atoms with Gasteiger partial charge in [-0.3, -0.25) is 0 Å². The Morgan fingerprint density at radius 3 is 1.47 bits per heavy atom. The van der Waals surface area contributed by atoms with Crippen molar-refractivity contribution in [1.82, 2.24) is 0 Å². The van der Waals surface area contributed by atoms with Crippen LogP contribution < -0.4 is 4.18 Å². The molecule has 0 heterocycles. The Labute approximate surface area is 94.3 Å². The van der Waals surface area contributed by atoms with E-state index in [0.717, 1.165) is 16.9 Å². The van der Waals surface area contributed by atoms with E-state index in [1.807, 2.05) is 13.8 Å². The Bertz CT molecular complexity index is 393. The Morgan fingerprint density at radius 1 is 0.800 bits per heavy atom. The van der Waals surface area contributed by atoms with Crippen molar-refractivity contribution in [1.29, 1.82) is 0 Å². The van der Waals surface area contributed by atoms with Gasteiger partial charge >= 0.3 is 0 Å². The molecule has 0 aliphatic carbocycles. The summed E-state index contributed by atoms with van der Waals surface area (Å²) < 4.78 is 16.5. The average molecular weight is 226 g/mol. The molecule has 84 valence electrons. The molecule has 1 atom stereocenters. The maximum Gasteiger partial charge on any atom is 0.203 e. The molecular formula is C12H18O2S. The summed E-state index contributed by atoms with van der Waals surface area (Å²) in [6, 6.07) is 0. The van der Waals surface area contributed by atoms with Crippen LogP contribution in [0.4, 0.5) is 0 Å². The summed E-state index contributed by atoms with van der Waals surface area (Å²) in [4.78, 5) is 0. The first-order valence-electron chi connectivity index (χ1n) is 4.95. The molecule has 0 spiro atoms. The molecule has 1 aromatic rings. The normalized spacial score (nSPS) is 12.7. The van der Waals surface area contributed by atoms with Crippen molar-refractivity contribution in [2.24, 2.45) is 0 Å². The third-order valence-corrected chi connectivity index (χ3v) is 3.53. The number of hydrogen-bond acceptors (Lipinski definition) is 2. The molecule has 0 saturated heterocycles. The second-order valence-corrected chi connectivity index (χ2v) is 4.91. The van der Waals surface area contributed by atoms with Crippen LogP contribution >= 0.6 is 0 Å². The summed E-state index contributed by atoms with van der Waals surface area (Å²) in [5, 5.41) is 0. The van der Waals surface area contributed by atoms with Gasteiger partial charge in [0.25, 0.3) is 0 Å². The van der Waals surface area contributed by atoms with Crippen molar-refractivity contribution in [2.45, 2.75) is 34.6 Å². The van der Waals surface area contributed by atoms with E-state index in [1.54, 1.807) is 6.26 Å². The second kappa shape index (κ2) is 4.35. The van der Waals surface area contributed by atoms with Crippen molar-refractivity contribution < 1.29 is 8.39 Å². The lowest BCUT2D eigenvalue weighted by atomic mass is 9.94. The van der Waals surface area contributed by atoms with Crippen LogP contribution in [0.25, 0.3) is 0 Å². The molecule has 0 N–H and O–H groups in total. The van der Waals surface area contributed by atoms with Crippen LogP contribution in [0.5, 0.6) is 5.75 Å². The summed E-state index contributed by atoms with van der Waals surface area (Å²) in [5.41, 5.74) is 5.91. The maximum atomic E-state index is 11.1. The molecule has 15 heavy (non-hydrogen) atoms. The third kappa shape index (κ3) is 2.23. The fraction of sp³-hybridized carbons (Fsp3) is 0.500. The highest BCUT2D eigenvalue weighted by Gasteiger charge is 2.14. The molecule has 0 bridgehead atoms. The van der Waals surface area contributed by atoms with Gasteiger partial charge in [-0.25, -0.2) is 4.21 Å². The zero-order chi connectivity index (χ0) is 11.7. The first-order valence-corrected chi connectivity index (χ1v) is 6.43. The largest absolute Gasteiger partial charge is 0.400 e. The second-order valence-electron chi connectivity index (χ2n) is 3.94. The van der Waals surface area contributed by atoms with Gasteiger partial charge < -0.3 is 4.18 Å². The molecule has 0 radical (unpaired) electrons. The van der Waals surface area contributed by atoms with Crippen LogP contribution in [0.3, 0.4) is 0 Å². The molecule has 2 nitrogen and oxygen atoms in total. The topological polar surface area (TPSA) is 26.3 Å².